The zero-order chi connectivity index (χ0) is 7.56. The molecule has 1 rings (SSSR count). The molecule has 0 bridgehead atoms. The number of benzene rings is 1. The maximum absolute atomic E-state index is 10.9. The summed E-state index contributed by atoms with van der Waals surface area (Å²) < 4.78 is 10.9. The minimum absolute atomic E-state index is 0.940. The highest BCUT2D eigenvalue weighted by atomic mass is 31.1. The molecule has 10 heavy (non-hydrogen) atoms. The van der Waals surface area contributed by atoms with Crippen LogP contribution in [0.2, 0.25) is 0 Å². The molecule has 0 fully saturated rings. The average Bonchev–Trinajstić information content (AvgIpc) is 1.88. The molecule has 0 heterocycles. The molecular weight excluding hydrogens is 143 g/mol. The summed E-state index contributed by atoms with van der Waals surface area (Å²) in [5.41, 5.74) is 1.17. The van der Waals surface area contributed by atoms with Crippen molar-refractivity contribution in [3.63, 3.8) is 0 Å². The third-order valence-corrected chi connectivity index (χ3v) is 2.37. The summed E-state index contributed by atoms with van der Waals surface area (Å²) in [6.45, 7) is 3.73. The summed E-state index contributed by atoms with van der Waals surface area (Å²) in [6.07, 6.45) is 0. The Morgan fingerprint density at radius 3 is 2.50 bits per heavy atom. The van der Waals surface area contributed by atoms with Gasteiger partial charge in [0.05, 0.1) is 0 Å². The van der Waals surface area contributed by atoms with E-state index in [9.17, 15) is 4.57 Å². The Hall–Kier alpha value is -0.680. The normalized spacial score (nSPS) is 11.2. The van der Waals surface area contributed by atoms with Crippen LogP contribution in [-0.2, 0) is 4.57 Å². The largest absolute Gasteiger partial charge is 0.373 e. The van der Waals surface area contributed by atoms with E-state index in [1.54, 1.807) is 6.66 Å². The first kappa shape index (κ1) is 7.43. The predicted molar refractivity (Wildman–Crippen MR) is 44.3 cm³/mol. The molecule has 0 N–H and O–H groups in total. The quantitative estimate of drug-likeness (QED) is 0.564. The molecule has 1 aromatic rings. The summed E-state index contributed by atoms with van der Waals surface area (Å²) in [5, 5.41) is 0.940. The van der Waals surface area contributed by atoms with E-state index in [1.165, 1.54) is 5.56 Å². The van der Waals surface area contributed by atoms with Crippen molar-refractivity contribution in [2.45, 2.75) is 6.92 Å². The van der Waals surface area contributed by atoms with Crippen LogP contribution in [0.1, 0.15) is 5.56 Å². The van der Waals surface area contributed by atoms with E-state index in [0.29, 0.717) is 0 Å². The van der Waals surface area contributed by atoms with Crippen molar-refractivity contribution in [1.29, 1.82) is 0 Å². The molecule has 52 valence electrons. The molecule has 1 nitrogen and oxygen atoms in total. The van der Waals surface area contributed by atoms with E-state index >= 15 is 0 Å². The second-order valence-corrected chi connectivity index (χ2v) is 3.85. The monoisotopic (exact) mass is 153 g/mol. The second-order valence-electron chi connectivity index (χ2n) is 2.34. The van der Waals surface area contributed by atoms with Crippen molar-refractivity contribution in [2.24, 2.45) is 0 Å². The van der Waals surface area contributed by atoms with Crippen LogP contribution in [0.15, 0.2) is 24.3 Å². The fraction of sp³-hybridized carbons (Fsp3) is 0.250. The summed E-state index contributed by atoms with van der Waals surface area (Å²) in [5.74, 6) is 0. The van der Waals surface area contributed by atoms with Crippen molar-refractivity contribution in [3.8, 4) is 0 Å². The zero-order valence-corrected chi connectivity index (χ0v) is 7.06. The number of hydrogen-bond acceptors (Lipinski definition) is 1. The third kappa shape index (κ3) is 1.65. The van der Waals surface area contributed by atoms with E-state index < -0.39 is 7.80 Å². The smallest absolute Gasteiger partial charge is 0.0684 e. The Labute approximate surface area is 61.9 Å². The predicted octanol–water partition coefficient (Wildman–Crippen LogP) is 2.08. The Balaban J connectivity index is 3.07. The molecular formula is C8H10OP+. The van der Waals surface area contributed by atoms with Gasteiger partial charge < -0.3 is 0 Å². The molecule has 0 aliphatic heterocycles. The van der Waals surface area contributed by atoms with Gasteiger partial charge in [0.25, 0.3) is 0 Å². The lowest BCUT2D eigenvalue weighted by molar-refractivity contribution is 0.596. The Morgan fingerprint density at radius 1 is 1.40 bits per heavy atom. The van der Waals surface area contributed by atoms with Crippen LogP contribution >= 0.6 is 7.80 Å². The maximum Gasteiger partial charge on any atom is 0.373 e. The van der Waals surface area contributed by atoms with Crippen molar-refractivity contribution in [3.05, 3.63) is 29.8 Å². The standard InChI is InChI=1S/C8H10OP/c1-7-4-3-5-8(6-7)10(2)9/h3-6H,1-2H3/q+1. The van der Waals surface area contributed by atoms with E-state index in [-0.39, 0.29) is 0 Å². The van der Waals surface area contributed by atoms with Gasteiger partial charge in [-0.2, -0.15) is 0 Å². The molecule has 0 aliphatic rings. The summed E-state index contributed by atoms with van der Waals surface area (Å²) in [6, 6.07) is 7.79. The molecule has 0 aromatic heterocycles. The number of aryl methyl sites for hydroxylation is 1. The van der Waals surface area contributed by atoms with Crippen molar-refractivity contribution >= 4 is 13.1 Å². The SMILES string of the molecule is Cc1cccc([P+](C)=O)c1. The van der Waals surface area contributed by atoms with Crippen molar-refractivity contribution < 1.29 is 4.57 Å². The minimum Gasteiger partial charge on any atom is -0.0684 e. The van der Waals surface area contributed by atoms with Crippen LogP contribution in [0.25, 0.3) is 0 Å². The van der Waals surface area contributed by atoms with Gasteiger partial charge in [-0.15, -0.1) is 0 Å². The van der Waals surface area contributed by atoms with Crippen molar-refractivity contribution in [2.75, 3.05) is 6.66 Å². The van der Waals surface area contributed by atoms with Crippen molar-refractivity contribution in [1.82, 2.24) is 0 Å². The molecule has 0 radical (unpaired) electrons. The first-order valence-electron chi connectivity index (χ1n) is 3.17. The van der Waals surface area contributed by atoms with Gasteiger partial charge in [-0.3, -0.25) is 0 Å². The van der Waals surface area contributed by atoms with Gasteiger partial charge in [-0.1, -0.05) is 16.7 Å². The van der Waals surface area contributed by atoms with E-state index in [0.717, 1.165) is 5.30 Å². The Bertz CT molecular complexity index is 255. The van der Waals surface area contributed by atoms with Gasteiger partial charge in [0.2, 0.25) is 0 Å². The van der Waals surface area contributed by atoms with Gasteiger partial charge in [-0.05, 0) is 24.6 Å². The second kappa shape index (κ2) is 2.94. The molecule has 0 spiro atoms. The molecule has 2 heteroatoms. The molecule has 1 aromatic carbocycles. The Kier molecular flexibility index (Phi) is 2.18. The summed E-state index contributed by atoms with van der Waals surface area (Å²) >= 11 is 0. The van der Waals surface area contributed by atoms with Crippen LogP contribution < -0.4 is 5.30 Å². The molecule has 1 atom stereocenters. The van der Waals surface area contributed by atoms with Crippen LogP contribution in [0, 0.1) is 6.92 Å². The minimum atomic E-state index is -1.16. The summed E-state index contributed by atoms with van der Waals surface area (Å²) in [4.78, 5) is 0. The van der Waals surface area contributed by atoms with Gasteiger partial charge in [0, 0.05) is 0 Å². The average molecular weight is 153 g/mol. The van der Waals surface area contributed by atoms with Crippen LogP contribution in [0.3, 0.4) is 0 Å². The summed E-state index contributed by atoms with van der Waals surface area (Å²) in [7, 11) is -1.16. The molecule has 0 saturated carbocycles. The highest BCUT2D eigenvalue weighted by molar-refractivity contribution is 7.52. The highest BCUT2D eigenvalue weighted by Gasteiger charge is 2.09. The number of hydrogen-bond donors (Lipinski definition) is 0. The van der Waals surface area contributed by atoms with E-state index in [1.807, 2.05) is 31.2 Å². The highest BCUT2D eigenvalue weighted by Crippen LogP contribution is 2.13. The Morgan fingerprint density at radius 2 is 2.10 bits per heavy atom. The third-order valence-electron chi connectivity index (χ3n) is 1.37. The van der Waals surface area contributed by atoms with Gasteiger partial charge in [-0.25, -0.2) is 0 Å². The van der Waals surface area contributed by atoms with Gasteiger partial charge in [0.15, 0.2) is 5.30 Å². The first-order valence-corrected chi connectivity index (χ1v) is 4.88. The van der Waals surface area contributed by atoms with Crippen LogP contribution in [0.5, 0.6) is 0 Å². The maximum atomic E-state index is 10.9. The zero-order valence-electron chi connectivity index (χ0n) is 6.16. The van der Waals surface area contributed by atoms with Crippen LogP contribution in [0.4, 0.5) is 0 Å². The van der Waals surface area contributed by atoms with Crippen LogP contribution in [-0.4, -0.2) is 6.66 Å². The molecule has 1 unspecified atom stereocenters. The van der Waals surface area contributed by atoms with Gasteiger partial charge in [0.1, 0.15) is 6.66 Å². The molecule has 0 amide bonds. The lowest BCUT2D eigenvalue weighted by atomic mass is 10.2. The topological polar surface area (TPSA) is 17.1 Å². The lowest BCUT2D eigenvalue weighted by Gasteiger charge is -1.87. The lowest BCUT2D eigenvalue weighted by Crippen LogP contribution is -1.94. The van der Waals surface area contributed by atoms with E-state index in [2.05, 4.69) is 0 Å². The number of rotatable bonds is 1. The van der Waals surface area contributed by atoms with E-state index in [4.69, 9.17) is 0 Å². The molecule has 0 aliphatic carbocycles. The first-order chi connectivity index (χ1) is 4.70. The van der Waals surface area contributed by atoms with Gasteiger partial charge >= 0.3 is 7.80 Å². The molecule has 0 saturated heterocycles. The fourth-order valence-electron chi connectivity index (χ4n) is 0.824. The fourth-order valence-corrected chi connectivity index (χ4v) is 1.51.